The van der Waals surface area contributed by atoms with Crippen molar-refractivity contribution < 1.29 is 0 Å². The van der Waals surface area contributed by atoms with E-state index in [2.05, 4.69) is 26.0 Å². The first-order valence-corrected chi connectivity index (χ1v) is 11.5. The molecule has 0 saturated heterocycles. The highest BCUT2D eigenvalue weighted by Crippen LogP contribution is 2.35. The van der Waals surface area contributed by atoms with Crippen LogP contribution in [0.15, 0.2) is 12.2 Å². The summed E-state index contributed by atoms with van der Waals surface area (Å²) in [5.74, 6) is 3.93. The van der Waals surface area contributed by atoms with Crippen LogP contribution in [0.2, 0.25) is 0 Å². The molecule has 140 valence electrons. The van der Waals surface area contributed by atoms with Crippen molar-refractivity contribution in [3.63, 3.8) is 0 Å². The second kappa shape index (κ2) is 12.2. The monoisotopic (exact) mass is 332 g/mol. The molecule has 2 fully saturated rings. The van der Waals surface area contributed by atoms with Crippen molar-refractivity contribution in [2.45, 2.75) is 117 Å². The maximum absolute atomic E-state index is 2.63. The van der Waals surface area contributed by atoms with Gasteiger partial charge in [-0.2, -0.15) is 0 Å². The zero-order valence-electron chi connectivity index (χ0n) is 16.8. The summed E-state index contributed by atoms with van der Waals surface area (Å²) in [5.41, 5.74) is 0. The largest absolute Gasteiger partial charge is 0.0851 e. The van der Waals surface area contributed by atoms with E-state index in [1.165, 1.54) is 103 Å². The van der Waals surface area contributed by atoms with Crippen molar-refractivity contribution >= 4 is 0 Å². The molecule has 2 aliphatic carbocycles. The highest BCUT2D eigenvalue weighted by Gasteiger charge is 2.21. The standard InChI is InChI=1S/C24H44/c1-3-5-6-7-8-10-22-13-17-24(18-14-22)20-19-23-15-11-21(9-4-2)12-16-23/h19-24H,3-18H2,1-2H3. The Hall–Kier alpha value is -0.260. The summed E-state index contributed by atoms with van der Waals surface area (Å²) < 4.78 is 0. The molecule has 0 amide bonds. The lowest BCUT2D eigenvalue weighted by Gasteiger charge is -2.29. The summed E-state index contributed by atoms with van der Waals surface area (Å²) in [6.07, 6.45) is 28.8. The van der Waals surface area contributed by atoms with Crippen molar-refractivity contribution in [3.8, 4) is 0 Å². The third kappa shape index (κ3) is 7.75. The second-order valence-corrected chi connectivity index (χ2v) is 8.94. The molecule has 2 rings (SSSR count). The van der Waals surface area contributed by atoms with Crippen LogP contribution in [0, 0.1) is 23.7 Å². The normalized spacial score (nSPS) is 31.6. The van der Waals surface area contributed by atoms with Crippen LogP contribution in [0.25, 0.3) is 0 Å². The Kier molecular flexibility index (Phi) is 10.2. The summed E-state index contributed by atoms with van der Waals surface area (Å²) in [7, 11) is 0. The zero-order chi connectivity index (χ0) is 17.0. The molecule has 0 bridgehead atoms. The van der Waals surface area contributed by atoms with Gasteiger partial charge in [-0.1, -0.05) is 77.4 Å². The van der Waals surface area contributed by atoms with Crippen LogP contribution < -0.4 is 0 Å². The Morgan fingerprint density at radius 3 is 1.54 bits per heavy atom. The molecular weight excluding hydrogens is 288 g/mol. The van der Waals surface area contributed by atoms with Gasteiger partial charge in [-0.25, -0.2) is 0 Å². The summed E-state index contributed by atoms with van der Waals surface area (Å²) in [6, 6.07) is 0. The molecule has 0 atom stereocenters. The summed E-state index contributed by atoms with van der Waals surface area (Å²) in [5, 5.41) is 0. The predicted octanol–water partition coefficient (Wildman–Crippen LogP) is 8.32. The lowest BCUT2D eigenvalue weighted by atomic mass is 9.77. The molecule has 0 nitrogen and oxygen atoms in total. The van der Waals surface area contributed by atoms with Gasteiger partial charge in [0.25, 0.3) is 0 Å². The minimum Gasteiger partial charge on any atom is -0.0851 e. The van der Waals surface area contributed by atoms with Gasteiger partial charge in [0.1, 0.15) is 0 Å². The fraction of sp³-hybridized carbons (Fsp3) is 0.917. The van der Waals surface area contributed by atoms with E-state index in [-0.39, 0.29) is 0 Å². The predicted molar refractivity (Wildman–Crippen MR) is 108 cm³/mol. The molecule has 0 aromatic rings. The summed E-state index contributed by atoms with van der Waals surface area (Å²) >= 11 is 0. The van der Waals surface area contributed by atoms with Gasteiger partial charge in [-0.05, 0) is 75.0 Å². The third-order valence-corrected chi connectivity index (χ3v) is 6.85. The number of hydrogen-bond acceptors (Lipinski definition) is 0. The zero-order valence-corrected chi connectivity index (χ0v) is 16.8. The van der Waals surface area contributed by atoms with E-state index < -0.39 is 0 Å². The number of rotatable bonds is 10. The van der Waals surface area contributed by atoms with E-state index in [9.17, 15) is 0 Å². The van der Waals surface area contributed by atoms with Crippen LogP contribution in [0.3, 0.4) is 0 Å². The second-order valence-electron chi connectivity index (χ2n) is 8.94. The van der Waals surface area contributed by atoms with E-state index in [1.807, 2.05) is 0 Å². The van der Waals surface area contributed by atoms with Crippen LogP contribution >= 0.6 is 0 Å². The van der Waals surface area contributed by atoms with E-state index >= 15 is 0 Å². The highest BCUT2D eigenvalue weighted by molar-refractivity contribution is 4.96. The first kappa shape index (κ1) is 20.1. The van der Waals surface area contributed by atoms with Crippen molar-refractivity contribution in [2.75, 3.05) is 0 Å². The minimum atomic E-state index is 0.911. The first-order valence-electron chi connectivity index (χ1n) is 11.5. The number of hydrogen-bond donors (Lipinski definition) is 0. The maximum atomic E-state index is 2.63. The first-order chi connectivity index (χ1) is 11.8. The van der Waals surface area contributed by atoms with Gasteiger partial charge in [-0.15, -0.1) is 0 Å². The van der Waals surface area contributed by atoms with Crippen LogP contribution in [0.1, 0.15) is 117 Å². The van der Waals surface area contributed by atoms with Crippen molar-refractivity contribution in [3.05, 3.63) is 12.2 Å². The van der Waals surface area contributed by atoms with Crippen molar-refractivity contribution in [2.24, 2.45) is 23.7 Å². The van der Waals surface area contributed by atoms with Gasteiger partial charge in [0, 0.05) is 0 Å². The summed E-state index contributed by atoms with van der Waals surface area (Å²) in [4.78, 5) is 0. The SMILES string of the molecule is CCCCCCCC1CCC(C=CC2CCC(CCC)CC2)CC1. The average Bonchev–Trinajstić information content (AvgIpc) is 2.62. The van der Waals surface area contributed by atoms with E-state index in [0.717, 1.165) is 23.7 Å². The van der Waals surface area contributed by atoms with Crippen LogP contribution in [-0.4, -0.2) is 0 Å². The van der Waals surface area contributed by atoms with Gasteiger partial charge in [0.2, 0.25) is 0 Å². The Morgan fingerprint density at radius 2 is 1.04 bits per heavy atom. The van der Waals surface area contributed by atoms with E-state index in [1.54, 1.807) is 0 Å². The Morgan fingerprint density at radius 1 is 0.542 bits per heavy atom. The quantitative estimate of drug-likeness (QED) is 0.278. The third-order valence-electron chi connectivity index (χ3n) is 6.85. The molecule has 0 aromatic heterocycles. The van der Waals surface area contributed by atoms with Crippen LogP contribution in [-0.2, 0) is 0 Å². The van der Waals surface area contributed by atoms with Crippen molar-refractivity contribution in [1.29, 1.82) is 0 Å². The molecule has 2 aliphatic rings. The molecule has 0 radical (unpaired) electrons. The Labute approximate surface area is 152 Å². The molecule has 0 heterocycles. The molecule has 0 N–H and O–H groups in total. The van der Waals surface area contributed by atoms with Gasteiger partial charge in [0.15, 0.2) is 0 Å². The lowest BCUT2D eigenvalue weighted by Crippen LogP contribution is -2.15. The molecule has 0 unspecified atom stereocenters. The van der Waals surface area contributed by atoms with E-state index in [0.29, 0.717) is 0 Å². The maximum Gasteiger partial charge on any atom is -0.0233 e. The molecule has 24 heavy (non-hydrogen) atoms. The molecule has 0 aliphatic heterocycles. The molecular formula is C24H44. The number of unbranched alkanes of at least 4 members (excludes halogenated alkanes) is 4. The molecule has 0 heteroatoms. The minimum absolute atomic E-state index is 0.911. The van der Waals surface area contributed by atoms with Crippen LogP contribution in [0.5, 0.6) is 0 Å². The van der Waals surface area contributed by atoms with Crippen molar-refractivity contribution in [1.82, 2.24) is 0 Å². The fourth-order valence-corrected chi connectivity index (χ4v) is 5.10. The van der Waals surface area contributed by atoms with Gasteiger partial charge >= 0.3 is 0 Å². The lowest BCUT2D eigenvalue weighted by molar-refractivity contribution is 0.281. The summed E-state index contributed by atoms with van der Waals surface area (Å²) in [6.45, 7) is 4.65. The molecule has 0 aromatic carbocycles. The van der Waals surface area contributed by atoms with Gasteiger partial charge in [-0.3, -0.25) is 0 Å². The molecule has 0 spiro atoms. The fourth-order valence-electron chi connectivity index (χ4n) is 5.10. The van der Waals surface area contributed by atoms with Gasteiger partial charge < -0.3 is 0 Å². The highest BCUT2D eigenvalue weighted by atomic mass is 14.3. The Balaban J connectivity index is 1.54. The smallest absolute Gasteiger partial charge is 0.0233 e. The van der Waals surface area contributed by atoms with Gasteiger partial charge in [0.05, 0.1) is 0 Å². The molecule has 2 saturated carbocycles. The Bertz CT molecular complexity index is 313. The number of allylic oxidation sites excluding steroid dienone is 2. The van der Waals surface area contributed by atoms with Crippen LogP contribution in [0.4, 0.5) is 0 Å². The average molecular weight is 333 g/mol. The van der Waals surface area contributed by atoms with E-state index in [4.69, 9.17) is 0 Å². The topological polar surface area (TPSA) is 0 Å².